The van der Waals surface area contributed by atoms with Crippen LogP contribution in [-0.4, -0.2) is 4.57 Å². The van der Waals surface area contributed by atoms with Gasteiger partial charge in [0.1, 0.15) is 17.5 Å². The topological polar surface area (TPSA) is 71.8 Å². The number of aromatic nitrogens is 1. The number of hydrogen-bond acceptors (Lipinski definition) is 3. The lowest BCUT2D eigenvalue weighted by molar-refractivity contribution is 0.971. The van der Waals surface area contributed by atoms with Crippen molar-refractivity contribution in [1.82, 2.24) is 4.57 Å². The van der Waals surface area contributed by atoms with Crippen molar-refractivity contribution in [3.8, 4) is 22.9 Å². The summed E-state index contributed by atoms with van der Waals surface area (Å²) in [5, 5.41) is 9.66. The molecule has 1 aliphatic rings. The number of nitrogens with zero attached hydrogens (tertiary/aromatic N) is 2. The molecule has 4 nitrogen and oxygen atoms in total. The molecule has 2 N–H and O–H groups in total. The van der Waals surface area contributed by atoms with E-state index in [2.05, 4.69) is 22.0 Å². The highest BCUT2D eigenvalue weighted by Gasteiger charge is 2.28. The lowest BCUT2D eigenvalue weighted by atomic mass is 10.0. The van der Waals surface area contributed by atoms with E-state index < -0.39 is 0 Å². The molecule has 0 unspecified atom stereocenters. The predicted octanol–water partition coefficient (Wildman–Crippen LogP) is 3.63. The maximum Gasteiger partial charge on any atom is 0.260 e. The fourth-order valence-electron chi connectivity index (χ4n) is 3.27. The van der Waals surface area contributed by atoms with E-state index in [9.17, 15) is 10.1 Å². The fraction of sp³-hybridized carbons (Fsp3) is 0.0526. The highest BCUT2D eigenvalue weighted by atomic mass is 79.9. The minimum absolute atomic E-state index is 0.167. The fourth-order valence-corrected chi connectivity index (χ4v) is 3.54. The minimum atomic E-state index is -0.167. The normalized spacial score (nSPS) is 11.7. The van der Waals surface area contributed by atoms with Crippen molar-refractivity contribution < 1.29 is 0 Å². The van der Waals surface area contributed by atoms with Crippen molar-refractivity contribution in [1.29, 1.82) is 5.26 Å². The van der Waals surface area contributed by atoms with Crippen LogP contribution in [0, 0.1) is 11.3 Å². The van der Waals surface area contributed by atoms with Gasteiger partial charge in [-0.25, -0.2) is 0 Å². The van der Waals surface area contributed by atoms with Crippen molar-refractivity contribution >= 4 is 21.7 Å². The Balaban J connectivity index is 2.08. The van der Waals surface area contributed by atoms with Crippen LogP contribution in [0.1, 0.15) is 16.7 Å². The van der Waals surface area contributed by atoms with Gasteiger partial charge in [-0.05, 0) is 35.4 Å². The number of nitrogen functional groups attached to an aromatic ring is 1. The van der Waals surface area contributed by atoms with Gasteiger partial charge in [-0.15, -0.1) is 0 Å². The predicted molar refractivity (Wildman–Crippen MR) is 97.1 cm³/mol. The first-order valence-electron chi connectivity index (χ1n) is 7.43. The van der Waals surface area contributed by atoms with Crippen molar-refractivity contribution in [2.75, 3.05) is 5.73 Å². The van der Waals surface area contributed by atoms with Gasteiger partial charge in [-0.2, -0.15) is 5.26 Å². The van der Waals surface area contributed by atoms with Crippen LogP contribution in [0.25, 0.3) is 16.8 Å². The lowest BCUT2D eigenvalue weighted by Gasteiger charge is -2.15. The van der Waals surface area contributed by atoms with E-state index in [1.54, 1.807) is 12.1 Å². The third-order valence-electron chi connectivity index (χ3n) is 4.36. The van der Waals surface area contributed by atoms with E-state index in [4.69, 9.17) is 5.73 Å². The largest absolute Gasteiger partial charge is 0.384 e. The van der Waals surface area contributed by atoms with Gasteiger partial charge in [0.2, 0.25) is 0 Å². The van der Waals surface area contributed by atoms with Gasteiger partial charge in [-0.3, -0.25) is 9.36 Å². The molecule has 0 atom stereocenters. The number of rotatable bonds is 1. The average molecular weight is 378 g/mol. The van der Waals surface area contributed by atoms with Crippen LogP contribution in [0.5, 0.6) is 0 Å². The van der Waals surface area contributed by atoms with Crippen LogP contribution in [0.3, 0.4) is 0 Å². The highest BCUT2D eigenvalue weighted by Crippen LogP contribution is 2.39. The molecular weight excluding hydrogens is 366 g/mol. The Labute approximate surface area is 146 Å². The van der Waals surface area contributed by atoms with Crippen LogP contribution < -0.4 is 11.3 Å². The quantitative estimate of drug-likeness (QED) is 0.550. The number of anilines is 1. The van der Waals surface area contributed by atoms with Gasteiger partial charge >= 0.3 is 0 Å². The van der Waals surface area contributed by atoms with Crippen LogP contribution in [0.4, 0.5) is 5.82 Å². The third-order valence-corrected chi connectivity index (χ3v) is 4.89. The monoisotopic (exact) mass is 377 g/mol. The van der Waals surface area contributed by atoms with Gasteiger partial charge in [0, 0.05) is 22.0 Å². The minimum Gasteiger partial charge on any atom is -0.384 e. The van der Waals surface area contributed by atoms with E-state index in [1.165, 1.54) is 4.57 Å². The Morgan fingerprint density at radius 1 is 1.12 bits per heavy atom. The number of halogens is 1. The molecule has 24 heavy (non-hydrogen) atoms. The smallest absolute Gasteiger partial charge is 0.260 e. The van der Waals surface area contributed by atoms with Crippen molar-refractivity contribution in [3.63, 3.8) is 0 Å². The van der Waals surface area contributed by atoms with E-state index >= 15 is 0 Å². The summed E-state index contributed by atoms with van der Waals surface area (Å²) in [4.78, 5) is 13.1. The van der Waals surface area contributed by atoms with Gasteiger partial charge in [0.25, 0.3) is 5.56 Å². The molecule has 1 heterocycles. The van der Waals surface area contributed by atoms with Crippen molar-refractivity contribution in [3.05, 3.63) is 80.0 Å². The average Bonchev–Trinajstić information content (AvgIpc) is 2.97. The summed E-state index contributed by atoms with van der Waals surface area (Å²) in [6, 6.07) is 17.2. The zero-order chi connectivity index (χ0) is 16.8. The Morgan fingerprint density at radius 2 is 1.83 bits per heavy atom. The first-order valence-corrected chi connectivity index (χ1v) is 8.23. The van der Waals surface area contributed by atoms with E-state index in [0.29, 0.717) is 28.8 Å². The van der Waals surface area contributed by atoms with Crippen LogP contribution >= 0.6 is 15.9 Å². The summed E-state index contributed by atoms with van der Waals surface area (Å²) in [6.07, 6.45) is 0.524. The van der Waals surface area contributed by atoms with E-state index in [0.717, 1.165) is 15.6 Å². The summed E-state index contributed by atoms with van der Waals surface area (Å²) in [5.41, 5.74) is 10.4. The van der Waals surface area contributed by atoms with Crippen LogP contribution in [0.15, 0.2) is 57.8 Å². The molecule has 1 aliphatic carbocycles. The standard InChI is InChI=1S/C19H12BrN3O/c20-12-5-7-13(8-6-12)23-18(22)16(10-21)17-14-4-2-1-3-11(14)9-15(17)19(23)24/h1-8H,9,22H2. The summed E-state index contributed by atoms with van der Waals surface area (Å²) in [7, 11) is 0. The maximum atomic E-state index is 13.1. The molecule has 0 bridgehead atoms. The maximum absolute atomic E-state index is 13.1. The highest BCUT2D eigenvalue weighted by molar-refractivity contribution is 9.10. The summed E-state index contributed by atoms with van der Waals surface area (Å²) in [5.74, 6) is 0.181. The molecule has 1 aromatic heterocycles. The third kappa shape index (κ3) is 2.00. The Kier molecular flexibility index (Phi) is 3.29. The summed E-state index contributed by atoms with van der Waals surface area (Å²) >= 11 is 3.38. The molecule has 3 aromatic rings. The second kappa shape index (κ2) is 5.36. The molecule has 0 spiro atoms. The molecule has 5 heteroatoms. The van der Waals surface area contributed by atoms with Gasteiger partial charge < -0.3 is 5.73 Å². The molecule has 0 amide bonds. The first kappa shape index (κ1) is 14.7. The van der Waals surface area contributed by atoms with Crippen molar-refractivity contribution in [2.24, 2.45) is 0 Å². The Hall–Kier alpha value is -2.84. The molecule has 0 saturated carbocycles. The zero-order valence-electron chi connectivity index (χ0n) is 12.6. The number of hydrogen-bond donors (Lipinski definition) is 1. The van der Waals surface area contributed by atoms with Gasteiger partial charge in [0.05, 0.1) is 5.69 Å². The molecule has 0 fully saturated rings. The number of nitrogens with two attached hydrogens (primary N) is 1. The van der Waals surface area contributed by atoms with E-state index in [-0.39, 0.29) is 11.4 Å². The second-order valence-electron chi connectivity index (χ2n) is 5.68. The zero-order valence-corrected chi connectivity index (χ0v) is 14.2. The van der Waals surface area contributed by atoms with Crippen molar-refractivity contribution in [2.45, 2.75) is 6.42 Å². The van der Waals surface area contributed by atoms with Gasteiger partial charge in [-0.1, -0.05) is 40.2 Å². The molecular formula is C19H12BrN3O. The lowest BCUT2D eigenvalue weighted by Crippen LogP contribution is -2.26. The second-order valence-corrected chi connectivity index (χ2v) is 6.59. The first-order chi connectivity index (χ1) is 11.6. The summed E-state index contributed by atoms with van der Waals surface area (Å²) in [6.45, 7) is 0. The molecule has 0 aliphatic heterocycles. The Bertz CT molecular complexity index is 1080. The Morgan fingerprint density at radius 3 is 2.54 bits per heavy atom. The molecule has 2 aromatic carbocycles. The number of nitriles is 1. The number of benzene rings is 2. The molecule has 4 rings (SSSR count). The molecule has 116 valence electrons. The number of pyridine rings is 1. The molecule has 0 saturated heterocycles. The SMILES string of the molecule is N#Cc1c2c(c(=O)n(-c3ccc(Br)cc3)c1N)Cc1ccccc1-2. The molecule has 0 radical (unpaired) electrons. The van der Waals surface area contributed by atoms with Crippen LogP contribution in [-0.2, 0) is 6.42 Å². The van der Waals surface area contributed by atoms with E-state index in [1.807, 2.05) is 36.4 Å². The van der Waals surface area contributed by atoms with Gasteiger partial charge in [0.15, 0.2) is 0 Å². The summed E-state index contributed by atoms with van der Waals surface area (Å²) < 4.78 is 2.34. The number of fused-ring (bicyclic) bond motifs is 3. The van der Waals surface area contributed by atoms with Crippen LogP contribution in [0.2, 0.25) is 0 Å².